The van der Waals surface area contributed by atoms with Crippen LogP contribution in [-0.2, 0) is 23.5 Å². The molecule has 0 amide bonds. The summed E-state index contributed by atoms with van der Waals surface area (Å²) in [6.07, 6.45) is 0.441. The summed E-state index contributed by atoms with van der Waals surface area (Å²) in [7, 11) is -0.705. The topological polar surface area (TPSA) is 100 Å². The zero-order valence-corrected chi connectivity index (χ0v) is 11.4. The Morgan fingerprint density at radius 3 is 2.68 bits per heavy atom. The van der Waals surface area contributed by atoms with Crippen LogP contribution in [0.5, 0.6) is 5.75 Å². The third-order valence-corrected chi connectivity index (χ3v) is 3.54. The van der Waals surface area contributed by atoms with Crippen molar-refractivity contribution in [1.29, 1.82) is 0 Å². The maximum Gasteiger partial charge on any atom is 0.273 e. The number of hydrogen-bond donors (Lipinski definition) is 1. The van der Waals surface area contributed by atoms with Crippen LogP contribution in [-0.4, -0.2) is 30.3 Å². The second-order valence-electron chi connectivity index (χ2n) is 4.03. The summed E-state index contributed by atoms with van der Waals surface area (Å²) in [5.41, 5.74) is 0.941. The summed E-state index contributed by atoms with van der Waals surface area (Å²) in [5, 5.41) is 12.2. The van der Waals surface area contributed by atoms with Crippen LogP contribution in [0.2, 0.25) is 0 Å². The molecule has 1 aromatic heterocycles. The van der Waals surface area contributed by atoms with Gasteiger partial charge in [0.2, 0.25) is 0 Å². The second kappa shape index (κ2) is 4.98. The van der Waals surface area contributed by atoms with E-state index in [4.69, 9.17) is 9.88 Å². The van der Waals surface area contributed by atoms with Crippen molar-refractivity contribution >= 4 is 10.0 Å². The van der Waals surface area contributed by atoms with E-state index in [9.17, 15) is 8.42 Å². The molecule has 0 aliphatic carbocycles. The third-order valence-electron chi connectivity index (χ3n) is 2.68. The molecule has 0 saturated carbocycles. The first-order valence-electron chi connectivity index (χ1n) is 5.46. The Balaban J connectivity index is 2.32. The normalized spacial score (nSPS) is 11.5. The number of nitrogens with zero attached hydrogens (tertiary/aromatic N) is 3. The SMILES string of the molecule is COc1cccc(Cc2nnc(S(N)(=O)=O)n2C)c1. The summed E-state index contributed by atoms with van der Waals surface area (Å²) in [5.74, 6) is 1.24. The van der Waals surface area contributed by atoms with E-state index in [1.54, 1.807) is 14.2 Å². The Labute approximate surface area is 111 Å². The lowest BCUT2D eigenvalue weighted by molar-refractivity contribution is 0.414. The number of sulfonamides is 1. The fourth-order valence-corrected chi connectivity index (χ4v) is 2.35. The van der Waals surface area contributed by atoms with E-state index in [1.165, 1.54) is 4.57 Å². The maximum absolute atomic E-state index is 11.3. The molecule has 102 valence electrons. The number of rotatable bonds is 4. The molecule has 7 nitrogen and oxygen atoms in total. The first kappa shape index (κ1) is 13.5. The Morgan fingerprint density at radius 1 is 1.37 bits per heavy atom. The van der Waals surface area contributed by atoms with Gasteiger partial charge in [0.15, 0.2) is 0 Å². The molecule has 1 heterocycles. The monoisotopic (exact) mass is 282 g/mol. The van der Waals surface area contributed by atoms with Gasteiger partial charge in [-0.25, -0.2) is 13.6 Å². The zero-order chi connectivity index (χ0) is 14.0. The fraction of sp³-hybridized carbons (Fsp3) is 0.273. The molecule has 0 aliphatic heterocycles. The van der Waals surface area contributed by atoms with Crippen molar-refractivity contribution in [2.75, 3.05) is 7.11 Å². The number of benzene rings is 1. The zero-order valence-electron chi connectivity index (χ0n) is 10.6. The summed E-state index contributed by atoms with van der Waals surface area (Å²) in [6, 6.07) is 7.43. The predicted octanol–water partition coefficient (Wildman–Crippen LogP) is 0.0619. The smallest absolute Gasteiger partial charge is 0.273 e. The minimum atomic E-state index is -3.85. The van der Waals surface area contributed by atoms with Crippen LogP contribution in [0.25, 0.3) is 0 Å². The first-order valence-corrected chi connectivity index (χ1v) is 7.00. The number of methoxy groups -OCH3 is 1. The van der Waals surface area contributed by atoms with Crippen LogP contribution in [0.15, 0.2) is 29.4 Å². The summed E-state index contributed by atoms with van der Waals surface area (Å²) in [4.78, 5) is 0. The van der Waals surface area contributed by atoms with Crippen molar-refractivity contribution in [3.8, 4) is 5.75 Å². The first-order chi connectivity index (χ1) is 8.91. The molecular formula is C11H14N4O3S. The quantitative estimate of drug-likeness (QED) is 0.854. The molecule has 0 bridgehead atoms. The number of nitrogens with two attached hydrogens (primary N) is 1. The van der Waals surface area contributed by atoms with Gasteiger partial charge in [0.05, 0.1) is 7.11 Å². The second-order valence-corrected chi connectivity index (χ2v) is 5.49. The lowest BCUT2D eigenvalue weighted by atomic mass is 10.1. The predicted molar refractivity (Wildman–Crippen MR) is 68.2 cm³/mol. The van der Waals surface area contributed by atoms with E-state index in [1.807, 2.05) is 24.3 Å². The molecule has 2 N–H and O–H groups in total. The minimum absolute atomic E-state index is 0.245. The molecule has 1 aromatic carbocycles. The van der Waals surface area contributed by atoms with Crippen molar-refractivity contribution in [2.45, 2.75) is 11.6 Å². The van der Waals surface area contributed by atoms with Gasteiger partial charge < -0.3 is 9.30 Å². The average molecular weight is 282 g/mol. The lowest BCUT2D eigenvalue weighted by Gasteiger charge is -2.05. The molecule has 0 aliphatic rings. The Morgan fingerprint density at radius 2 is 2.11 bits per heavy atom. The highest BCUT2D eigenvalue weighted by Crippen LogP contribution is 2.16. The fourth-order valence-electron chi connectivity index (χ4n) is 1.71. The van der Waals surface area contributed by atoms with Crippen molar-refractivity contribution in [1.82, 2.24) is 14.8 Å². The number of hydrogen-bond acceptors (Lipinski definition) is 5. The van der Waals surface area contributed by atoms with Crippen molar-refractivity contribution in [3.63, 3.8) is 0 Å². The van der Waals surface area contributed by atoms with Gasteiger partial charge in [-0.1, -0.05) is 12.1 Å². The molecule has 0 fully saturated rings. The molecule has 0 radical (unpaired) electrons. The van der Waals surface area contributed by atoms with Gasteiger partial charge in [-0.15, -0.1) is 10.2 Å². The Bertz CT molecular complexity index is 694. The van der Waals surface area contributed by atoms with Crippen molar-refractivity contribution in [3.05, 3.63) is 35.7 Å². The molecular weight excluding hydrogens is 268 g/mol. The molecule has 2 rings (SSSR count). The third kappa shape index (κ3) is 2.91. The number of aromatic nitrogens is 3. The van der Waals surface area contributed by atoms with Crippen molar-refractivity contribution in [2.24, 2.45) is 12.2 Å². The van der Waals surface area contributed by atoms with Gasteiger partial charge in [0.1, 0.15) is 11.6 Å². The number of primary sulfonamides is 1. The molecule has 0 spiro atoms. The molecule has 0 unspecified atom stereocenters. The van der Waals surface area contributed by atoms with E-state index in [2.05, 4.69) is 10.2 Å². The summed E-state index contributed by atoms with van der Waals surface area (Å²) in [6.45, 7) is 0. The summed E-state index contributed by atoms with van der Waals surface area (Å²) >= 11 is 0. The highest BCUT2D eigenvalue weighted by Gasteiger charge is 2.18. The van der Waals surface area contributed by atoms with E-state index >= 15 is 0 Å². The van der Waals surface area contributed by atoms with E-state index in [0.717, 1.165) is 11.3 Å². The standard InChI is InChI=1S/C11H14N4O3S/c1-15-10(13-14-11(15)19(12,16)17)7-8-4-3-5-9(6-8)18-2/h3-6H,7H2,1-2H3,(H2,12,16,17). The maximum atomic E-state index is 11.3. The highest BCUT2D eigenvalue weighted by molar-refractivity contribution is 7.89. The van der Waals surface area contributed by atoms with Gasteiger partial charge in [0, 0.05) is 13.5 Å². The van der Waals surface area contributed by atoms with Crippen LogP contribution in [0.3, 0.4) is 0 Å². The molecule has 0 atom stereocenters. The molecule has 19 heavy (non-hydrogen) atoms. The molecule has 2 aromatic rings. The number of ether oxygens (including phenoxy) is 1. The minimum Gasteiger partial charge on any atom is -0.497 e. The van der Waals surface area contributed by atoms with Gasteiger partial charge in [-0.2, -0.15) is 0 Å². The van der Waals surface area contributed by atoms with Crippen LogP contribution in [0, 0.1) is 0 Å². The highest BCUT2D eigenvalue weighted by atomic mass is 32.2. The van der Waals surface area contributed by atoms with Gasteiger partial charge >= 0.3 is 0 Å². The Kier molecular flexibility index (Phi) is 3.54. The largest absolute Gasteiger partial charge is 0.497 e. The average Bonchev–Trinajstić information content (AvgIpc) is 2.71. The molecule has 0 saturated heterocycles. The van der Waals surface area contributed by atoms with E-state index in [0.29, 0.717) is 12.2 Å². The van der Waals surface area contributed by atoms with Crippen LogP contribution in [0.1, 0.15) is 11.4 Å². The van der Waals surface area contributed by atoms with Crippen molar-refractivity contribution < 1.29 is 13.2 Å². The van der Waals surface area contributed by atoms with Gasteiger partial charge in [0.25, 0.3) is 15.2 Å². The lowest BCUT2D eigenvalue weighted by Crippen LogP contribution is -2.17. The van der Waals surface area contributed by atoms with Crippen LogP contribution < -0.4 is 9.88 Å². The summed E-state index contributed by atoms with van der Waals surface area (Å²) < 4.78 is 29.0. The van der Waals surface area contributed by atoms with E-state index in [-0.39, 0.29) is 5.16 Å². The van der Waals surface area contributed by atoms with Crippen LogP contribution >= 0.6 is 0 Å². The van der Waals surface area contributed by atoms with Gasteiger partial charge in [-0.05, 0) is 17.7 Å². The Hall–Kier alpha value is -1.93. The molecule has 8 heteroatoms. The van der Waals surface area contributed by atoms with Crippen LogP contribution in [0.4, 0.5) is 0 Å². The van der Waals surface area contributed by atoms with E-state index < -0.39 is 10.0 Å². The van der Waals surface area contributed by atoms with Gasteiger partial charge in [-0.3, -0.25) is 0 Å².